The van der Waals surface area contributed by atoms with Crippen molar-refractivity contribution in [2.45, 2.75) is 57.1 Å². The second-order valence-electron chi connectivity index (χ2n) is 6.84. The Bertz CT molecular complexity index is 521. The minimum Gasteiger partial charge on any atom is -0.444 e. The number of hydrogen-bond donors (Lipinski definition) is 1. The van der Waals surface area contributed by atoms with Crippen LogP contribution >= 0.6 is 11.6 Å². The lowest BCUT2D eigenvalue weighted by Crippen LogP contribution is -2.44. The first kappa shape index (κ1) is 18.0. The van der Waals surface area contributed by atoms with Gasteiger partial charge in [-0.2, -0.15) is 0 Å². The first-order valence-corrected chi connectivity index (χ1v) is 8.24. The number of hydrogen-bond acceptors (Lipinski definition) is 3. The summed E-state index contributed by atoms with van der Waals surface area (Å²) in [6, 6.07) is 9.45. The van der Waals surface area contributed by atoms with Crippen LogP contribution in [0.15, 0.2) is 30.3 Å². The van der Waals surface area contributed by atoms with Crippen LogP contribution in [0.3, 0.4) is 0 Å². The van der Waals surface area contributed by atoms with Crippen molar-refractivity contribution < 1.29 is 13.9 Å². The maximum atomic E-state index is 14.2. The average molecular weight is 343 g/mol. The molecule has 1 fully saturated rings. The zero-order valence-electron chi connectivity index (χ0n) is 13.8. The van der Waals surface area contributed by atoms with Crippen molar-refractivity contribution in [3.8, 4) is 0 Å². The molecule has 0 aliphatic heterocycles. The highest BCUT2D eigenvalue weighted by atomic mass is 35.5. The van der Waals surface area contributed by atoms with Crippen LogP contribution in [-0.2, 0) is 11.3 Å². The van der Waals surface area contributed by atoms with Crippen LogP contribution in [0.4, 0.5) is 9.18 Å². The number of rotatable bonds is 6. The highest BCUT2D eigenvalue weighted by Gasteiger charge is 2.37. The molecule has 0 spiro atoms. The second kappa shape index (κ2) is 7.49. The highest BCUT2D eigenvalue weighted by molar-refractivity contribution is 6.23. The predicted octanol–water partition coefficient (Wildman–Crippen LogP) is 3.69. The Morgan fingerprint density at radius 3 is 2.57 bits per heavy atom. The summed E-state index contributed by atoms with van der Waals surface area (Å²) in [5.41, 5.74) is 0.301. The Labute approximate surface area is 141 Å². The highest BCUT2D eigenvalue weighted by Crippen LogP contribution is 2.28. The normalized spacial score (nSPS) is 21.6. The van der Waals surface area contributed by atoms with E-state index in [9.17, 15) is 9.18 Å². The summed E-state index contributed by atoms with van der Waals surface area (Å²) in [6.07, 6.45) is -1.10. The maximum Gasteiger partial charge on any atom is 0.410 e. The molecule has 3 unspecified atom stereocenters. The Morgan fingerprint density at radius 2 is 2.04 bits per heavy atom. The summed E-state index contributed by atoms with van der Waals surface area (Å²) in [5.74, 6) is 0. The summed E-state index contributed by atoms with van der Waals surface area (Å²) in [5, 5.41) is 2.77. The van der Waals surface area contributed by atoms with Crippen LogP contribution in [0.5, 0.6) is 0 Å². The zero-order valence-corrected chi connectivity index (χ0v) is 14.5. The Hall–Kier alpha value is -1.33. The molecule has 1 aromatic carbocycles. The maximum absolute atomic E-state index is 14.2. The van der Waals surface area contributed by atoms with E-state index in [0.717, 1.165) is 12.0 Å². The van der Waals surface area contributed by atoms with Crippen LogP contribution in [-0.4, -0.2) is 40.9 Å². The molecule has 23 heavy (non-hydrogen) atoms. The molecule has 4 nitrogen and oxygen atoms in total. The molecule has 1 amide bonds. The first-order chi connectivity index (χ1) is 10.7. The fraction of sp³-hybridized carbons (Fsp3) is 0.588. The van der Waals surface area contributed by atoms with Gasteiger partial charge in [0.15, 0.2) is 6.30 Å². The van der Waals surface area contributed by atoms with E-state index in [2.05, 4.69) is 5.32 Å². The minimum atomic E-state index is -1.33. The molecule has 6 heteroatoms. The van der Waals surface area contributed by atoms with Gasteiger partial charge in [-0.25, -0.2) is 9.18 Å². The molecule has 1 aliphatic carbocycles. The van der Waals surface area contributed by atoms with E-state index in [0.29, 0.717) is 6.54 Å². The van der Waals surface area contributed by atoms with Gasteiger partial charge in [0.2, 0.25) is 0 Å². The van der Waals surface area contributed by atoms with E-state index in [4.69, 9.17) is 16.3 Å². The molecule has 0 aromatic heterocycles. The number of carbonyl (C=O) groups excluding carboxylic acids is 1. The minimum absolute atomic E-state index is 0.0103. The third-order valence-electron chi connectivity index (χ3n) is 3.36. The lowest BCUT2D eigenvalue weighted by atomic mass is 10.2. The molecule has 0 saturated heterocycles. The molecule has 2 rings (SSSR count). The molecule has 0 heterocycles. The van der Waals surface area contributed by atoms with Crippen LogP contribution in [0.2, 0.25) is 0 Å². The van der Waals surface area contributed by atoms with Gasteiger partial charge in [0.1, 0.15) is 5.60 Å². The monoisotopic (exact) mass is 342 g/mol. The SMILES string of the molecule is CC(C)(C)OC(=O)N(Cc1ccccc1)CC(F)NC1CC1Cl. The van der Waals surface area contributed by atoms with Crippen molar-refractivity contribution in [3.63, 3.8) is 0 Å². The molecular formula is C17H24ClFN2O2. The number of ether oxygens (including phenoxy) is 1. The molecule has 1 aromatic rings. The number of alkyl halides is 2. The van der Waals surface area contributed by atoms with E-state index in [1.54, 1.807) is 20.8 Å². The van der Waals surface area contributed by atoms with Crippen LogP contribution < -0.4 is 5.32 Å². The van der Waals surface area contributed by atoms with Crippen molar-refractivity contribution in [3.05, 3.63) is 35.9 Å². The van der Waals surface area contributed by atoms with E-state index in [1.165, 1.54) is 4.90 Å². The average Bonchev–Trinajstić information content (AvgIpc) is 3.12. The van der Waals surface area contributed by atoms with Gasteiger partial charge in [-0.05, 0) is 32.8 Å². The number of amides is 1. The Morgan fingerprint density at radius 1 is 1.43 bits per heavy atom. The molecular weight excluding hydrogens is 319 g/mol. The van der Waals surface area contributed by atoms with Gasteiger partial charge < -0.3 is 4.74 Å². The summed E-state index contributed by atoms with van der Waals surface area (Å²) in [6.45, 7) is 5.59. The molecule has 3 atom stereocenters. The van der Waals surface area contributed by atoms with Crippen LogP contribution in [0.25, 0.3) is 0 Å². The molecule has 1 N–H and O–H groups in total. The third kappa shape index (κ3) is 6.36. The van der Waals surface area contributed by atoms with Crippen molar-refractivity contribution in [2.75, 3.05) is 6.54 Å². The van der Waals surface area contributed by atoms with Gasteiger partial charge in [0.05, 0.1) is 11.9 Å². The van der Waals surface area contributed by atoms with Gasteiger partial charge >= 0.3 is 6.09 Å². The zero-order chi connectivity index (χ0) is 17.0. The molecule has 1 saturated carbocycles. The number of carbonyl (C=O) groups is 1. The summed E-state index contributed by atoms with van der Waals surface area (Å²) < 4.78 is 19.6. The van der Waals surface area contributed by atoms with E-state index in [-0.39, 0.29) is 18.0 Å². The first-order valence-electron chi connectivity index (χ1n) is 7.80. The molecule has 1 aliphatic rings. The summed E-state index contributed by atoms with van der Waals surface area (Å²) >= 11 is 5.88. The van der Waals surface area contributed by atoms with Crippen molar-refractivity contribution in [2.24, 2.45) is 0 Å². The Kier molecular flexibility index (Phi) is 5.87. The number of benzene rings is 1. The summed E-state index contributed by atoms with van der Waals surface area (Å²) in [7, 11) is 0. The van der Waals surface area contributed by atoms with Gasteiger partial charge in [-0.15, -0.1) is 11.6 Å². The standard InChI is InChI=1S/C17H24ClFN2O2/c1-17(2,3)23-16(22)21(10-12-7-5-4-6-8-12)11-15(19)20-14-9-13(14)18/h4-8,13-15,20H,9-11H2,1-3H3. The third-order valence-corrected chi connectivity index (χ3v) is 3.84. The fourth-order valence-electron chi connectivity index (χ4n) is 2.15. The summed E-state index contributed by atoms with van der Waals surface area (Å²) in [4.78, 5) is 13.7. The molecule has 128 valence electrons. The van der Waals surface area contributed by atoms with Gasteiger partial charge in [0.25, 0.3) is 0 Å². The van der Waals surface area contributed by atoms with Crippen LogP contribution in [0.1, 0.15) is 32.8 Å². The van der Waals surface area contributed by atoms with Crippen molar-refractivity contribution >= 4 is 17.7 Å². The van der Waals surface area contributed by atoms with E-state index < -0.39 is 18.0 Å². The van der Waals surface area contributed by atoms with Gasteiger partial charge in [-0.3, -0.25) is 10.2 Å². The van der Waals surface area contributed by atoms with Gasteiger partial charge in [-0.1, -0.05) is 30.3 Å². The Balaban J connectivity index is 1.99. The van der Waals surface area contributed by atoms with Crippen molar-refractivity contribution in [1.29, 1.82) is 0 Å². The second-order valence-corrected chi connectivity index (χ2v) is 7.40. The molecule has 0 bridgehead atoms. The van der Waals surface area contributed by atoms with Crippen LogP contribution in [0, 0.1) is 0 Å². The van der Waals surface area contributed by atoms with Crippen molar-refractivity contribution in [1.82, 2.24) is 10.2 Å². The quantitative estimate of drug-likeness (QED) is 0.633. The molecule has 0 radical (unpaired) electrons. The lowest BCUT2D eigenvalue weighted by Gasteiger charge is -2.28. The lowest BCUT2D eigenvalue weighted by molar-refractivity contribution is 0.0168. The fourth-order valence-corrected chi connectivity index (χ4v) is 2.41. The number of nitrogens with one attached hydrogen (secondary N) is 1. The number of halogens is 2. The number of nitrogens with zero attached hydrogens (tertiary/aromatic N) is 1. The van der Waals surface area contributed by atoms with E-state index in [1.807, 2.05) is 30.3 Å². The van der Waals surface area contributed by atoms with Gasteiger partial charge in [0, 0.05) is 12.6 Å². The smallest absolute Gasteiger partial charge is 0.410 e. The topological polar surface area (TPSA) is 41.6 Å². The predicted molar refractivity (Wildman–Crippen MR) is 89.2 cm³/mol. The van der Waals surface area contributed by atoms with E-state index >= 15 is 0 Å². The largest absolute Gasteiger partial charge is 0.444 e.